The molecule has 1 aromatic carbocycles. The van der Waals surface area contributed by atoms with Gasteiger partial charge < -0.3 is 5.11 Å². The first-order valence-corrected chi connectivity index (χ1v) is 4.85. The van der Waals surface area contributed by atoms with Crippen LogP contribution >= 0.6 is 0 Å². The molecule has 0 aliphatic carbocycles. The summed E-state index contributed by atoms with van der Waals surface area (Å²) in [7, 11) is 0. The van der Waals surface area contributed by atoms with E-state index in [9.17, 15) is 0 Å². The van der Waals surface area contributed by atoms with Crippen molar-refractivity contribution in [2.24, 2.45) is 0 Å². The Morgan fingerprint density at radius 3 is 2.80 bits per heavy atom. The second kappa shape index (κ2) is 3.07. The fourth-order valence-electron chi connectivity index (χ4n) is 1.90. The number of hydrogen-bond acceptors (Lipinski definition) is 2. The predicted octanol–water partition coefficient (Wildman–Crippen LogP) is 1.98. The summed E-state index contributed by atoms with van der Waals surface area (Å²) in [6.45, 7) is -0.0190. The highest BCUT2D eigenvalue weighted by atomic mass is 16.3. The fourth-order valence-corrected chi connectivity index (χ4v) is 1.90. The molecule has 15 heavy (non-hydrogen) atoms. The van der Waals surface area contributed by atoms with Crippen molar-refractivity contribution in [3.05, 3.63) is 48.4 Å². The number of pyridine rings is 1. The van der Waals surface area contributed by atoms with Crippen molar-refractivity contribution in [1.82, 2.24) is 9.38 Å². The number of aliphatic hydroxyl groups is 1. The molecule has 0 unspecified atom stereocenters. The maximum absolute atomic E-state index is 9.12. The molecule has 0 aliphatic rings. The second-order valence-corrected chi connectivity index (χ2v) is 3.50. The maximum Gasteiger partial charge on any atom is 0.100 e. The van der Waals surface area contributed by atoms with Crippen LogP contribution in [0.15, 0.2) is 42.7 Å². The molecule has 0 fully saturated rings. The van der Waals surface area contributed by atoms with Crippen LogP contribution in [0.25, 0.3) is 16.4 Å². The van der Waals surface area contributed by atoms with Gasteiger partial charge in [-0.1, -0.05) is 24.3 Å². The van der Waals surface area contributed by atoms with Crippen molar-refractivity contribution in [3.8, 4) is 0 Å². The summed E-state index contributed by atoms with van der Waals surface area (Å²) >= 11 is 0. The number of para-hydroxylation sites is 1. The number of benzene rings is 1. The Bertz CT molecular complexity index is 628. The van der Waals surface area contributed by atoms with Crippen molar-refractivity contribution >= 4 is 16.4 Å². The predicted molar refractivity (Wildman–Crippen MR) is 58.6 cm³/mol. The fraction of sp³-hybridized carbons (Fsp3) is 0.0833. The van der Waals surface area contributed by atoms with Gasteiger partial charge in [0.15, 0.2) is 0 Å². The van der Waals surface area contributed by atoms with Crippen LogP contribution in [0.2, 0.25) is 0 Å². The Morgan fingerprint density at radius 1 is 1.07 bits per heavy atom. The smallest absolute Gasteiger partial charge is 0.100 e. The monoisotopic (exact) mass is 198 g/mol. The quantitative estimate of drug-likeness (QED) is 0.649. The summed E-state index contributed by atoms with van der Waals surface area (Å²) in [5, 5.41) is 10.3. The second-order valence-electron chi connectivity index (χ2n) is 3.50. The summed E-state index contributed by atoms with van der Waals surface area (Å²) in [5.41, 5.74) is 2.80. The summed E-state index contributed by atoms with van der Waals surface area (Å²) in [6, 6.07) is 12.2. The molecule has 2 heterocycles. The minimum atomic E-state index is -0.0190. The summed E-state index contributed by atoms with van der Waals surface area (Å²) in [6.07, 6.45) is 1.75. The van der Waals surface area contributed by atoms with Crippen LogP contribution in [0.5, 0.6) is 0 Å². The number of hydrogen-bond donors (Lipinski definition) is 1. The molecule has 0 saturated carbocycles. The van der Waals surface area contributed by atoms with Crippen LogP contribution in [0.4, 0.5) is 0 Å². The largest absolute Gasteiger partial charge is 0.390 e. The zero-order valence-electron chi connectivity index (χ0n) is 8.09. The Morgan fingerprint density at radius 2 is 1.93 bits per heavy atom. The first kappa shape index (κ1) is 8.44. The number of rotatable bonds is 1. The Balaban J connectivity index is 2.50. The van der Waals surface area contributed by atoms with Crippen molar-refractivity contribution in [2.75, 3.05) is 0 Å². The maximum atomic E-state index is 9.12. The Hall–Kier alpha value is -1.87. The lowest BCUT2D eigenvalue weighted by Gasteiger charge is -2.01. The van der Waals surface area contributed by atoms with Crippen LogP contribution in [-0.4, -0.2) is 14.5 Å². The molecule has 74 valence electrons. The first-order valence-electron chi connectivity index (χ1n) is 4.85. The molecule has 3 aromatic rings. The molecule has 3 nitrogen and oxygen atoms in total. The van der Waals surface area contributed by atoms with E-state index in [0.29, 0.717) is 0 Å². The van der Waals surface area contributed by atoms with E-state index in [0.717, 1.165) is 16.7 Å². The van der Waals surface area contributed by atoms with Gasteiger partial charge in [0.25, 0.3) is 0 Å². The molecule has 0 bridgehead atoms. The number of imidazole rings is 1. The highest BCUT2D eigenvalue weighted by molar-refractivity contribution is 5.83. The highest BCUT2D eigenvalue weighted by Gasteiger charge is 2.04. The highest BCUT2D eigenvalue weighted by Crippen LogP contribution is 2.18. The summed E-state index contributed by atoms with van der Waals surface area (Å²) < 4.78 is 2.00. The molecule has 3 rings (SSSR count). The van der Waals surface area contributed by atoms with Gasteiger partial charge in [0, 0.05) is 0 Å². The van der Waals surface area contributed by atoms with E-state index in [-0.39, 0.29) is 6.61 Å². The third kappa shape index (κ3) is 1.13. The number of fused-ring (bicyclic) bond motifs is 3. The number of aliphatic hydroxyl groups excluding tert-OH is 1. The van der Waals surface area contributed by atoms with Gasteiger partial charge in [-0.3, -0.25) is 4.40 Å². The molecule has 2 aromatic heterocycles. The van der Waals surface area contributed by atoms with E-state index in [1.807, 2.05) is 34.7 Å². The topological polar surface area (TPSA) is 37.5 Å². The zero-order chi connectivity index (χ0) is 10.3. The van der Waals surface area contributed by atoms with E-state index in [1.165, 1.54) is 5.39 Å². The van der Waals surface area contributed by atoms with E-state index in [1.54, 1.807) is 6.33 Å². The third-order valence-corrected chi connectivity index (χ3v) is 2.65. The van der Waals surface area contributed by atoms with Crippen LogP contribution < -0.4 is 0 Å². The van der Waals surface area contributed by atoms with Gasteiger partial charge in [0.05, 0.1) is 23.3 Å². The molecule has 0 spiro atoms. The molecule has 0 amide bonds. The van der Waals surface area contributed by atoms with Gasteiger partial charge >= 0.3 is 0 Å². The van der Waals surface area contributed by atoms with Crippen molar-refractivity contribution < 1.29 is 5.11 Å². The molecule has 0 atom stereocenters. The van der Waals surface area contributed by atoms with Crippen molar-refractivity contribution in [2.45, 2.75) is 6.61 Å². The molecule has 0 aliphatic heterocycles. The molecular formula is C12H10N2O. The van der Waals surface area contributed by atoms with Crippen molar-refractivity contribution in [1.29, 1.82) is 0 Å². The lowest BCUT2D eigenvalue weighted by atomic mass is 10.2. The average Bonchev–Trinajstić information content (AvgIpc) is 2.72. The molecule has 1 N–H and O–H groups in total. The molecule has 0 radical (unpaired) electrons. The van der Waals surface area contributed by atoms with E-state index >= 15 is 0 Å². The van der Waals surface area contributed by atoms with Gasteiger partial charge in [-0.25, -0.2) is 4.98 Å². The Kier molecular flexibility index (Phi) is 1.73. The summed E-state index contributed by atoms with van der Waals surface area (Å²) in [5.74, 6) is 0. The van der Waals surface area contributed by atoms with Crippen LogP contribution in [0, 0.1) is 0 Å². The van der Waals surface area contributed by atoms with Gasteiger partial charge in [0.1, 0.15) is 6.33 Å². The van der Waals surface area contributed by atoms with E-state index in [4.69, 9.17) is 5.11 Å². The lowest BCUT2D eigenvalue weighted by Crippen LogP contribution is -1.87. The SMILES string of the molecule is OCc1ncn2c1ccc1ccccc12. The van der Waals surface area contributed by atoms with Gasteiger partial charge in [-0.15, -0.1) is 0 Å². The van der Waals surface area contributed by atoms with Gasteiger partial charge in [0.2, 0.25) is 0 Å². The first-order chi connectivity index (χ1) is 7.40. The number of nitrogens with zero attached hydrogens (tertiary/aromatic N) is 2. The van der Waals surface area contributed by atoms with Crippen LogP contribution in [0.3, 0.4) is 0 Å². The molecule has 3 heteroatoms. The van der Waals surface area contributed by atoms with Crippen molar-refractivity contribution in [3.63, 3.8) is 0 Å². The normalized spacial score (nSPS) is 11.3. The van der Waals surface area contributed by atoms with Gasteiger partial charge in [-0.05, 0) is 17.5 Å². The number of aromatic nitrogens is 2. The van der Waals surface area contributed by atoms with E-state index < -0.39 is 0 Å². The van der Waals surface area contributed by atoms with Crippen LogP contribution in [-0.2, 0) is 6.61 Å². The van der Waals surface area contributed by atoms with Crippen LogP contribution in [0.1, 0.15) is 5.69 Å². The zero-order valence-corrected chi connectivity index (χ0v) is 8.09. The third-order valence-electron chi connectivity index (χ3n) is 2.65. The van der Waals surface area contributed by atoms with E-state index in [2.05, 4.69) is 11.1 Å². The minimum Gasteiger partial charge on any atom is -0.390 e. The average molecular weight is 198 g/mol. The lowest BCUT2D eigenvalue weighted by molar-refractivity contribution is 0.279. The standard InChI is InChI=1S/C12H10N2O/c15-7-10-12-6-5-9-3-1-2-4-11(9)14(12)8-13-10/h1-6,8,15H,7H2. The molecular weight excluding hydrogens is 188 g/mol. The Labute approximate surface area is 86.6 Å². The minimum absolute atomic E-state index is 0.0190. The van der Waals surface area contributed by atoms with Gasteiger partial charge in [-0.2, -0.15) is 0 Å². The summed E-state index contributed by atoms with van der Waals surface area (Å²) in [4.78, 5) is 4.18. The molecule has 0 saturated heterocycles.